The predicted octanol–water partition coefficient (Wildman–Crippen LogP) is 5.17. The van der Waals surface area contributed by atoms with E-state index in [-0.39, 0.29) is 0 Å². The number of hydrogen-bond donors (Lipinski definition) is 0. The Kier molecular flexibility index (Phi) is 5.22. The second kappa shape index (κ2) is 7.76. The number of rotatable bonds is 7. The Morgan fingerprint density at radius 3 is 2.65 bits per heavy atom. The number of para-hydroxylation sites is 1. The van der Waals surface area contributed by atoms with Gasteiger partial charge in [0.15, 0.2) is 0 Å². The number of methoxy groups -OCH3 is 1. The molecule has 1 fully saturated rings. The van der Waals surface area contributed by atoms with Crippen molar-refractivity contribution in [2.24, 2.45) is 0 Å². The van der Waals surface area contributed by atoms with Crippen LogP contribution in [0.5, 0.6) is 5.75 Å². The average molecular weight is 384 g/mol. The standard InChI is InChI=1S/C20H21N3OS2/c1-24-17-12-14(8-11-18(17)25-2)13-26-20-21-19(15-9-10-15)23(22-20)16-6-4-3-5-7-16/h3-8,11-12,15H,9-10,13H2,1-2H3. The first kappa shape index (κ1) is 17.5. The van der Waals surface area contributed by atoms with Crippen LogP contribution in [-0.2, 0) is 5.75 Å². The minimum absolute atomic E-state index is 0.554. The van der Waals surface area contributed by atoms with Crippen molar-refractivity contribution >= 4 is 23.5 Å². The average Bonchev–Trinajstić information content (AvgIpc) is 3.46. The van der Waals surface area contributed by atoms with Crippen LogP contribution < -0.4 is 4.74 Å². The van der Waals surface area contributed by atoms with E-state index in [0.29, 0.717) is 5.92 Å². The molecule has 134 valence electrons. The Bertz CT molecular complexity index is 891. The molecule has 0 bridgehead atoms. The van der Waals surface area contributed by atoms with Gasteiger partial charge in [0.1, 0.15) is 11.6 Å². The van der Waals surface area contributed by atoms with Gasteiger partial charge in [0.2, 0.25) is 5.16 Å². The van der Waals surface area contributed by atoms with E-state index in [4.69, 9.17) is 14.8 Å². The molecule has 3 aromatic rings. The van der Waals surface area contributed by atoms with Gasteiger partial charge in [-0.1, -0.05) is 36.0 Å². The zero-order valence-corrected chi connectivity index (χ0v) is 16.5. The van der Waals surface area contributed by atoms with Gasteiger partial charge >= 0.3 is 0 Å². The van der Waals surface area contributed by atoms with E-state index >= 15 is 0 Å². The quantitative estimate of drug-likeness (QED) is 0.527. The third-order valence-corrected chi connectivity index (χ3v) is 6.06. The highest BCUT2D eigenvalue weighted by Gasteiger charge is 2.30. The SMILES string of the molecule is COc1cc(CSc2nc(C3CC3)n(-c3ccccc3)n2)ccc1SC. The van der Waals surface area contributed by atoms with E-state index in [2.05, 4.69) is 36.6 Å². The summed E-state index contributed by atoms with van der Waals surface area (Å²) in [5, 5.41) is 5.60. The summed E-state index contributed by atoms with van der Waals surface area (Å²) in [5.41, 5.74) is 2.30. The van der Waals surface area contributed by atoms with Crippen molar-refractivity contribution in [2.75, 3.05) is 13.4 Å². The van der Waals surface area contributed by atoms with Gasteiger partial charge in [0.05, 0.1) is 12.8 Å². The minimum atomic E-state index is 0.554. The van der Waals surface area contributed by atoms with E-state index in [1.165, 1.54) is 18.4 Å². The minimum Gasteiger partial charge on any atom is -0.496 e. The molecule has 1 heterocycles. The fourth-order valence-electron chi connectivity index (χ4n) is 2.85. The van der Waals surface area contributed by atoms with Gasteiger partial charge in [-0.05, 0) is 48.9 Å². The van der Waals surface area contributed by atoms with Gasteiger partial charge in [-0.25, -0.2) is 9.67 Å². The maximum absolute atomic E-state index is 5.48. The first-order valence-electron chi connectivity index (χ1n) is 8.64. The lowest BCUT2D eigenvalue weighted by Crippen LogP contribution is -2.01. The molecule has 0 radical (unpaired) electrons. The van der Waals surface area contributed by atoms with Crippen LogP contribution in [0.2, 0.25) is 0 Å². The molecule has 0 N–H and O–H groups in total. The maximum Gasteiger partial charge on any atom is 0.209 e. The molecule has 0 aliphatic heterocycles. The van der Waals surface area contributed by atoms with Crippen molar-refractivity contribution in [3.8, 4) is 11.4 Å². The van der Waals surface area contributed by atoms with Crippen LogP contribution in [0.4, 0.5) is 0 Å². The third kappa shape index (κ3) is 3.76. The van der Waals surface area contributed by atoms with Crippen LogP contribution in [0.15, 0.2) is 58.6 Å². The fourth-order valence-corrected chi connectivity index (χ4v) is 4.17. The van der Waals surface area contributed by atoms with E-state index in [1.54, 1.807) is 30.6 Å². The molecular formula is C20H21N3OS2. The van der Waals surface area contributed by atoms with Crippen molar-refractivity contribution in [1.29, 1.82) is 0 Å². The topological polar surface area (TPSA) is 39.9 Å². The summed E-state index contributed by atoms with van der Waals surface area (Å²) >= 11 is 3.37. The zero-order chi connectivity index (χ0) is 17.9. The summed E-state index contributed by atoms with van der Waals surface area (Å²) in [4.78, 5) is 5.98. The van der Waals surface area contributed by atoms with Gasteiger partial charge in [-0.2, -0.15) is 0 Å². The Labute approximate surface area is 162 Å². The van der Waals surface area contributed by atoms with E-state index in [9.17, 15) is 0 Å². The molecular weight excluding hydrogens is 362 g/mol. The summed E-state index contributed by atoms with van der Waals surface area (Å²) < 4.78 is 7.50. The lowest BCUT2D eigenvalue weighted by atomic mass is 10.2. The summed E-state index contributed by atoms with van der Waals surface area (Å²) in [5.74, 6) is 3.40. The molecule has 6 heteroatoms. The lowest BCUT2D eigenvalue weighted by molar-refractivity contribution is 0.404. The molecule has 4 rings (SSSR count). The Morgan fingerprint density at radius 2 is 1.96 bits per heavy atom. The highest BCUT2D eigenvalue weighted by atomic mass is 32.2. The molecule has 0 amide bonds. The molecule has 1 aromatic heterocycles. The Hall–Kier alpha value is -1.92. The smallest absolute Gasteiger partial charge is 0.209 e. The van der Waals surface area contributed by atoms with Gasteiger partial charge in [0.25, 0.3) is 0 Å². The molecule has 0 spiro atoms. The molecule has 1 aliphatic rings. The van der Waals surface area contributed by atoms with Crippen LogP contribution in [0.1, 0.15) is 30.1 Å². The van der Waals surface area contributed by atoms with Crippen LogP contribution >= 0.6 is 23.5 Å². The summed E-state index contributed by atoms with van der Waals surface area (Å²) in [6.07, 6.45) is 4.48. The van der Waals surface area contributed by atoms with Crippen LogP contribution in [0.3, 0.4) is 0 Å². The first-order chi connectivity index (χ1) is 12.8. The van der Waals surface area contributed by atoms with Gasteiger partial charge in [-0.3, -0.25) is 0 Å². The van der Waals surface area contributed by atoms with E-state index in [0.717, 1.165) is 33.1 Å². The summed E-state index contributed by atoms with van der Waals surface area (Å²) in [7, 11) is 1.72. The van der Waals surface area contributed by atoms with Crippen LogP contribution in [-0.4, -0.2) is 28.1 Å². The van der Waals surface area contributed by atoms with E-state index < -0.39 is 0 Å². The van der Waals surface area contributed by atoms with Crippen molar-refractivity contribution in [3.63, 3.8) is 0 Å². The largest absolute Gasteiger partial charge is 0.496 e. The molecule has 2 aromatic carbocycles. The molecule has 0 unspecified atom stereocenters. The molecule has 0 saturated heterocycles. The van der Waals surface area contributed by atoms with Crippen molar-refractivity contribution in [1.82, 2.24) is 14.8 Å². The van der Waals surface area contributed by atoms with E-state index in [1.807, 2.05) is 22.9 Å². The number of benzene rings is 2. The molecule has 1 saturated carbocycles. The molecule has 0 atom stereocenters. The monoisotopic (exact) mass is 383 g/mol. The Balaban J connectivity index is 1.54. The highest BCUT2D eigenvalue weighted by molar-refractivity contribution is 7.98. The van der Waals surface area contributed by atoms with Gasteiger partial charge in [-0.15, -0.1) is 16.9 Å². The first-order valence-corrected chi connectivity index (χ1v) is 10.9. The summed E-state index contributed by atoms with van der Waals surface area (Å²) in [6.45, 7) is 0. The molecule has 1 aliphatic carbocycles. The van der Waals surface area contributed by atoms with Crippen molar-refractivity contribution < 1.29 is 4.74 Å². The molecule has 4 nitrogen and oxygen atoms in total. The Morgan fingerprint density at radius 1 is 1.15 bits per heavy atom. The number of nitrogens with zero attached hydrogens (tertiary/aromatic N) is 3. The predicted molar refractivity (Wildman–Crippen MR) is 108 cm³/mol. The second-order valence-electron chi connectivity index (χ2n) is 6.25. The van der Waals surface area contributed by atoms with Crippen molar-refractivity contribution in [2.45, 2.75) is 34.6 Å². The number of hydrogen-bond acceptors (Lipinski definition) is 5. The van der Waals surface area contributed by atoms with Gasteiger partial charge < -0.3 is 4.74 Å². The van der Waals surface area contributed by atoms with Gasteiger partial charge in [0, 0.05) is 16.6 Å². The zero-order valence-electron chi connectivity index (χ0n) is 14.9. The third-order valence-electron chi connectivity index (χ3n) is 4.37. The lowest BCUT2D eigenvalue weighted by Gasteiger charge is -2.08. The van der Waals surface area contributed by atoms with Crippen molar-refractivity contribution in [3.05, 3.63) is 59.9 Å². The highest BCUT2D eigenvalue weighted by Crippen LogP contribution is 2.40. The number of ether oxygens (including phenoxy) is 1. The maximum atomic E-state index is 5.48. The molecule has 26 heavy (non-hydrogen) atoms. The number of aromatic nitrogens is 3. The second-order valence-corrected chi connectivity index (χ2v) is 8.04. The van der Waals surface area contributed by atoms with Crippen LogP contribution in [0.25, 0.3) is 5.69 Å². The van der Waals surface area contributed by atoms with Crippen LogP contribution in [0, 0.1) is 0 Å². The normalized spacial score (nSPS) is 13.8. The number of thioether (sulfide) groups is 2. The fraction of sp³-hybridized carbons (Fsp3) is 0.300. The summed E-state index contributed by atoms with van der Waals surface area (Å²) in [6, 6.07) is 16.7.